The van der Waals surface area contributed by atoms with Gasteiger partial charge < -0.3 is 15.4 Å². The maximum Gasteiger partial charge on any atom is 0.241 e. The van der Waals surface area contributed by atoms with E-state index in [1.807, 2.05) is 0 Å². The zero-order valence-electron chi connectivity index (χ0n) is 14.1. The molecule has 1 amide bonds. The van der Waals surface area contributed by atoms with Gasteiger partial charge in [-0.1, -0.05) is 0 Å². The Kier molecular flexibility index (Phi) is 6.41. The molecule has 0 aromatic heterocycles. The molecule has 0 aromatic rings. The van der Waals surface area contributed by atoms with Crippen molar-refractivity contribution >= 4 is 15.7 Å². The van der Waals surface area contributed by atoms with E-state index in [0.29, 0.717) is 39.1 Å². The maximum atomic E-state index is 12.7. The number of carbonyl (C=O) groups excluding carboxylic acids is 1. The molecule has 0 aliphatic carbocycles. The molecule has 8 heteroatoms. The second-order valence-electron chi connectivity index (χ2n) is 6.55. The van der Waals surface area contributed by atoms with E-state index >= 15 is 0 Å². The van der Waals surface area contributed by atoms with Crippen LogP contribution >= 0.6 is 0 Å². The zero-order valence-corrected chi connectivity index (χ0v) is 15.0. The number of ether oxygens (including phenoxy) is 1. The predicted octanol–water partition coefficient (Wildman–Crippen LogP) is -0.620. The molecule has 2 aliphatic rings. The van der Waals surface area contributed by atoms with E-state index in [4.69, 9.17) is 4.74 Å². The third-order valence-electron chi connectivity index (χ3n) is 5.11. The summed E-state index contributed by atoms with van der Waals surface area (Å²) in [5.41, 5.74) is 0. The molecule has 1 atom stereocenters. The van der Waals surface area contributed by atoms with Crippen molar-refractivity contribution in [2.24, 2.45) is 0 Å². The Hall–Kier alpha value is -0.700. The predicted molar refractivity (Wildman–Crippen MR) is 89.2 cm³/mol. The molecule has 0 spiro atoms. The fraction of sp³-hybridized carbons (Fsp3) is 0.933. The summed E-state index contributed by atoms with van der Waals surface area (Å²) in [7, 11) is -1.77. The maximum absolute atomic E-state index is 12.7. The number of carbonyl (C=O) groups is 1. The molecule has 0 bridgehead atoms. The van der Waals surface area contributed by atoms with Gasteiger partial charge in [-0.2, -0.15) is 0 Å². The largest absolute Gasteiger partial charge is 0.383 e. The molecule has 0 saturated carbocycles. The summed E-state index contributed by atoms with van der Waals surface area (Å²) >= 11 is 0. The van der Waals surface area contributed by atoms with Crippen molar-refractivity contribution in [3.8, 4) is 0 Å². The molecule has 2 rings (SSSR count). The Labute approximate surface area is 139 Å². The van der Waals surface area contributed by atoms with Gasteiger partial charge in [0.1, 0.15) is 0 Å². The lowest BCUT2D eigenvalue weighted by Crippen LogP contribution is -2.58. The van der Waals surface area contributed by atoms with Crippen molar-refractivity contribution in [3.05, 3.63) is 0 Å². The summed E-state index contributed by atoms with van der Waals surface area (Å²) in [5.74, 6) is -0.333. The summed E-state index contributed by atoms with van der Waals surface area (Å²) in [6.45, 7) is 4.15. The number of hydrogen-bond acceptors (Lipinski definition) is 6. The van der Waals surface area contributed by atoms with E-state index < -0.39 is 14.6 Å². The van der Waals surface area contributed by atoms with Gasteiger partial charge >= 0.3 is 0 Å². The highest BCUT2D eigenvalue weighted by Crippen LogP contribution is 2.28. The van der Waals surface area contributed by atoms with Crippen LogP contribution in [-0.4, -0.2) is 82.7 Å². The van der Waals surface area contributed by atoms with E-state index in [2.05, 4.69) is 15.5 Å². The van der Waals surface area contributed by atoms with E-state index in [1.165, 1.54) is 6.26 Å². The second kappa shape index (κ2) is 7.92. The number of nitrogens with zero attached hydrogens (tertiary/aromatic N) is 1. The minimum Gasteiger partial charge on any atom is -0.383 e. The van der Waals surface area contributed by atoms with Gasteiger partial charge in [-0.05, 0) is 45.3 Å². The Morgan fingerprint density at radius 3 is 2.70 bits per heavy atom. The smallest absolute Gasteiger partial charge is 0.241 e. The van der Waals surface area contributed by atoms with Crippen molar-refractivity contribution in [2.75, 3.05) is 52.7 Å². The number of likely N-dealkylation sites (tertiary alicyclic amines) is 1. The standard InChI is InChI=1S/C15H29N3O4S/c1-22-11-10-18-9-3-4-13(18)12-17-14(19)15(23(2,20)21)5-7-16-8-6-15/h13,16H,3-12H2,1-2H3,(H,17,19). The number of hydrogen-bond donors (Lipinski definition) is 2. The average molecular weight is 347 g/mol. The van der Waals surface area contributed by atoms with E-state index in [9.17, 15) is 13.2 Å². The Morgan fingerprint density at radius 1 is 1.39 bits per heavy atom. The van der Waals surface area contributed by atoms with Crippen LogP contribution in [0, 0.1) is 0 Å². The van der Waals surface area contributed by atoms with Crippen LogP contribution in [0.3, 0.4) is 0 Å². The molecule has 2 N–H and O–H groups in total. The van der Waals surface area contributed by atoms with Crippen LogP contribution in [-0.2, 0) is 19.4 Å². The number of piperidine rings is 1. The van der Waals surface area contributed by atoms with Gasteiger partial charge in [0.25, 0.3) is 0 Å². The normalized spacial score (nSPS) is 25.4. The van der Waals surface area contributed by atoms with E-state index in [-0.39, 0.29) is 11.9 Å². The first-order valence-electron chi connectivity index (χ1n) is 8.32. The molecular weight excluding hydrogens is 318 g/mol. The molecular formula is C15H29N3O4S. The second-order valence-corrected chi connectivity index (χ2v) is 8.88. The van der Waals surface area contributed by atoms with Crippen LogP contribution in [0.1, 0.15) is 25.7 Å². The number of sulfone groups is 1. The molecule has 2 heterocycles. The van der Waals surface area contributed by atoms with Crippen molar-refractivity contribution < 1.29 is 17.9 Å². The topological polar surface area (TPSA) is 87.7 Å². The Bertz CT molecular complexity index is 503. The molecule has 0 aromatic carbocycles. The van der Waals surface area contributed by atoms with Crippen LogP contribution in [0.5, 0.6) is 0 Å². The van der Waals surface area contributed by atoms with Crippen LogP contribution in [0.2, 0.25) is 0 Å². The molecule has 7 nitrogen and oxygen atoms in total. The first-order chi connectivity index (χ1) is 10.9. The third-order valence-corrected chi connectivity index (χ3v) is 7.13. The number of rotatable bonds is 7. The monoisotopic (exact) mass is 347 g/mol. The van der Waals surface area contributed by atoms with Gasteiger partial charge in [0.2, 0.25) is 5.91 Å². The molecule has 2 aliphatic heterocycles. The summed E-state index contributed by atoms with van der Waals surface area (Å²) in [5, 5.41) is 6.05. The van der Waals surface area contributed by atoms with Gasteiger partial charge in [-0.15, -0.1) is 0 Å². The van der Waals surface area contributed by atoms with Crippen molar-refractivity contribution in [1.29, 1.82) is 0 Å². The van der Waals surface area contributed by atoms with Gasteiger partial charge in [-0.3, -0.25) is 9.69 Å². The van der Waals surface area contributed by atoms with Gasteiger partial charge in [-0.25, -0.2) is 8.42 Å². The zero-order chi connectivity index (χ0) is 16.9. The number of nitrogens with one attached hydrogen (secondary N) is 2. The van der Waals surface area contributed by atoms with Crippen LogP contribution in [0.15, 0.2) is 0 Å². The average Bonchev–Trinajstić information content (AvgIpc) is 2.97. The lowest BCUT2D eigenvalue weighted by Gasteiger charge is -2.35. The summed E-state index contributed by atoms with van der Waals surface area (Å²) in [6.07, 6.45) is 3.99. The van der Waals surface area contributed by atoms with Gasteiger partial charge in [0.05, 0.1) is 6.61 Å². The van der Waals surface area contributed by atoms with E-state index in [0.717, 1.165) is 25.9 Å². The fourth-order valence-corrected chi connectivity index (χ4v) is 4.95. The van der Waals surface area contributed by atoms with Gasteiger partial charge in [0.15, 0.2) is 14.6 Å². The highest BCUT2D eigenvalue weighted by atomic mass is 32.2. The molecule has 134 valence electrons. The van der Waals surface area contributed by atoms with E-state index in [1.54, 1.807) is 7.11 Å². The van der Waals surface area contributed by atoms with Crippen LogP contribution < -0.4 is 10.6 Å². The lowest BCUT2D eigenvalue weighted by atomic mass is 9.95. The molecule has 23 heavy (non-hydrogen) atoms. The quantitative estimate of drug-likeness (QED) is 0.638. The van der Waals surface area contributed by atoms with Crippen molar-refractivity contribution in [1.82, 2.24) is 15.5 Å². The van der Waals surface area contributed by atoms with Crippen LogP contribution in [0.25, 0.3) is 0 Å². The minimum absolute atomic E-state index is 0.271. The van der Waals surface area contributed by atoms with Crippen LogP contribution in [0.4, 0.5) is 0 Å². The van der Waals surface area contributed by atoms with Crippen molar-refractivity contribution in [3.63, 3.8) is 0 Å². The summed E-state index contributed by atoms with van der Waals surface area (Å²) in [6, 6.07) is 0.271. The first-order valence-corrected chi connectivity index (χ1v) is 10.2. The lowest BCUT2D eigenvalue weighted by molar-refractivity contribution is -0.124. The Morgan fingerprint density at radius 2 is 2.09 bits per heavy atom. The summed E-state index contributed by atoms with van der Waals surface area (Å²) < 4.78 is 28.3. The number of amides is 1. The molecule has 2 fully saturated rings. The Balaban J connectivity index is 1.97. The first kappa shape index (κ1) is 18.6. The van der Waals surface area contributed by atoms with Crippen molar-refractivity contribution in [2.45, 2.75) is 36.5 Å². The highest BCUT2D eigenvalue weighted by molar-refractivity contribution is 7.92. The summed E-state index contributed by atoms with van der Waals surface area (Å²) in [4.78, 5) is 15.0. The fourth-order valence-electron chi connectivity index (χ4n) is 3.60. The number of methoxy groups -OCH3 is 1. The highest BCUT2D eigenvalue weighted by Gasteiger charge is 2.48. The molecule has 1 unspecified atom stereocenters. The molecule has 2 saturated heterocycles. The SMILES string of the molecule is COCCN1CCCC1CNC(=O)C1(S(C)(=O)=O)CCNCC1. The van der Waals surface area contributed by atoms with Gasteiger partial charge in [0, 0.05) is 32.5 Å². The third kappa shape index (κ3) is 4.23. The molecule has 0 radical (unpaired) electrons. The minimum atomic E-state index is -3.45.